The lowest BCUT2D eigenvalue weighted by molar-refractivity contribution is 0.588. The quantitative estimate of drug-likeness (QED) is 0.747. The van der Waals surface area contributed by atoms with Gasteiger partial charge in [0.25, 0.3) is 0 Å². The maximum Gasteiger partial charge on any atom is 0.0739 e. The van der Waals surface area contributed by atoms with Gasteiger partial charge in [-0.15, -0.1) is 0 Å². The highest BCUT2D eigenvalue weighted by atomic mass is 79.9. The van der Waals surface area contributed by atoms with Crippen LogP contribution in [-0.2, 0) is 13.6 Å². The molecule has 98 valence electrons. The molecule has 0 aromatic carbocycles. The van der Waals surface area contributed by atoms with Crippen molar-refractivity contribution in [3.8, 4) is 0 Å². The van der Waals surface area contributed by atoms with Crippen LogP contribution in [0, 0.1) is 6.92 Å². The van der Waals surface area contributed by atoms with Crippen molar-refractivity contribution in [2.24, 2.45) is 7.05 Å². The van der Waals surface area contributed by atoms with Gasteiger partial charge >= 0.3 is 0 Å². The van der Waals surface area contributed by atoms with E-state index in [9.17, 15) is 0 Å². The third-order valence-electron chi connectivity index (χ3n) is 2.76. The molecule has 0 radical (unpaired) electrons. The zero-order valence-electron chi connectivity index (χ0n) is 10.9. The van der Waals surface area contributed by atoms with Gasteiger partial charge in [-0.25, -0.2) is 0 Å². The van der Waals surface area contributed by atoms with Gasteiger partial charge in [0.1, 0.15) is 0 Å². The maximum atomic E-state index is 4.38. The van der Waals surface area contributed by atoms with Gasteiger partial charge in [0.2, 0.25) is 0 Å². The molecule has 0 saturated heterocycles. The summed E-state index contributed by atoms with van der Waals surface area (Å²) in [6.07, 6.45) is 6.08. The molecule has 0 amide bonds. The SMILES string of the molecule is CSCCCCCNCc1c(Br)c(C)nn1C. The zero-order valence-corrected chi connectivity index (χ0v) is 13.3. The van der Waals surface area contributed by atoms with Crippen molar-refractivity contribution in [3.63, 3.8) is 0 Å². The number of nitrogens with one attached hydrogen (secondary N) is 1. The van der Waals surface area contributed by atoms with Crippen molar-refractivity contribution < 1.29 is 0 Å². The number of hydrogen-bond donors (Lipinski definition) is 1. The number of rotatable bonds is 8. The Hall–Kier alpha value is 0. The van der Waals surface area contributed by atoms with Crippen molar-refractivity contribution in [3.05, 3.63) is 15.9 Å². The second-order valence-electron chi connectivity index (χ2n) is 4.20. The Balaban J connectivity index is 2.18. The minimum Gasteiger partial charge on any atom is -0.311 e. The first-order valence-corrected chi connectivity index (χ1v) is 8.23. The van der Waals surface area contributed by atoms with Crippen LogP contribution in [0.15, 0.2) is 4.47 Å². The fourth-order valence-corrected chi connectivity index (χ4v) is 2.72. The molecule has 1 heterocycles. The van der Waals surface area contributed by atoms with Gasteiger partial charge in [-0.3, -0.25) is 4.68 Å². The Bertz CT molecular complexity index is 339. The highest BCUT2D eigenvalue weighted by Crippen LogP contribution is 2.19. The van der Waals surface area contributed by atoms with Crippen LogP contribution < -0.4 is 5.32 Å². The van der Waals surface area contributed by atoms with Gasteiger partial charge < -0.3 is 5.32 Å². The van der Waals surface area contributed by atoms with E-state index in [-0.39, 0.29) is 0 Å². The molecule has 1 aromatic rings. The monoisotopic (exact) mass is 319 g/mol. The lowest BCUT2D eigenvalue weighted by Gasteiger charge is -2.05. The Morgan fingerprint density at radius 1 is 1.35 bits per heavy atom. The smallest absolute Gasteiger partial charge is 0.0739 e. The van der Waals surface area contributed by atoms with Crippen LogP contribution in [0.5, 0.6) is 0 Å². The van der Waals surface area contributed by atoms with E-state index in [1.807, 2.05) is 30.4 Å². The third kappa shape index (κ3) is 5.02. The number of nitrogens with zero attached hydrogens (tertiary/aromatic N) is 2. The molecule has 17 heavy (non-hydrogen) atoms. The molecule has 0 aliphatic heterocycles. The first-order valence-electron chi connectivity index (χ1n) is 6.04. The molecule has 0 bridgehead atoms. The van der Waals surface area contributed by atoms with Crippen LogP contribution in [0.4, 0.5) is 0 Å². The Morgan fingerprint density at radius 3 is 2.71 bits per heavy atom. The Morgan fingerprint density at radius 2 is 2.12 bits per heavy atom. The molecule has 0 spiro atoms. The van der Waals surface area contributed by atoms with E-state index in [4.69, 9.17) is 0 Å². The maximum absolute atomic E-state index is 4.38. The minimum atomic E-state index is 0.889. The van der Waals surface area contributed by atoms with Crippen LogP contribution in [0.2, 0.25) is 0 Å². The second-order valence-corrected chi connectivity index (χ2v) is 5.98. The van der Waals surface area contributed by atoms with Gasteiger partial charge in [0.15, 0.2) is 0 Å². The molecular formula is C12H22BrN3S. The molecule has 0 aliphatic carbocycles. The summed E-state index contributed by atoms with van der Waals surface area (Å²) < 4.78 is 3.08. The van der Waals surface area contributed by atoms with E-state index in [1.165, 1.54) is 30.7 Å². The topological polar surface area (TPSA) is 29.9 Å². The summed E-state index contributed by atoms with van der Waals surface area (Å²) in [6.45, 7) is 4.00. The van der Waals surface area contributed by atoms with E-state index >= 15 is 0 Å². The fraction of sp³-hybridized carbons (Fsp3) is 0.750. The molecule has 5 heteroatoms. The van der Waals surface area contributed by atoms with E-state index in [2.05, 4.69) is 32.6 Å². The normalized spacial score (nSPS) is 11.1. The van der Waals surface area contributed by atoms with Crippen molar-refractivity contribution in [2.75, 3.05) is 18.6 Å². The molecule has 0 aliphatic rings. The van der Waals surface area contributed by atoms with Crippen molar-refractivity contribution in [2.45, 2.75) is 32.7 Å². The predicted molar refractivity (Wildman–Crippen MR) is 79.6 cm³/mol. The minimum absolute atomic E-state index is 0.889. The van der Waals surface area contributed by atoms with Crippen LogP contribution in [0.25, 0.3) is 0 Å². The lowest BCUT2D eigenvalue weighted by Crippen LogP contribution is -2.17. The predicted octanol–water partition coefficient (Wildman–Crippen LogP) is 3.11. The molecule has 0 unspecified atom stereocenters. The lowest BCUT2D eigenvalue weighted by atomic mass is 10.2. The summed E-state index contributed by atoms with van der Waals surface area (Å²) in [5.41, 5.74) is 2.29. The summed E-state index contributed by atoms with van der Waals surface area (Å²) in [7, 11) is 1.99. The highest BCUT2D eigenvalue weighted by Gasteiger charge is 2.09. The third-order valence-corrected chi connectivity index (χ3v) is 4.48. The van der Waals surface area contributed by atoms with Gasteiger partial charge in [0.05, 0.1) is 15.9 Å². The molecule has 1 aromatic heterocycles. The van der Waals surface area contributed by atoms with Crippen LogP contribution >= 0.6 is 27.7 Å². The molecule has 1 N–H and O–H groups in total. The summed E-state index contributed by atoms with van der Waals surface area (Å²) in [5.74, 6) is 1.28. The highest BCUT2D eigenvalue weighted by molar-refractivity contribution is 9.10. The molecule has 0 saturated carbocycles. The second kappa shape index (κ2) is 8.16. The van der Waals surface area contributed by atoms with Crippen molar-refractivity contribution >= 4 is 27.7 Å². The summed E-state index contributed by atoms with van der Waals surface area (Å²) in [6, 6.07) is 0. The molecule has 0 fully saturated rings. The average molecular weight is 320 g/mol. The van der Waals surface area contributed by atoms with Gasteiger partial charge in [-0.2, -0.15) is 16.9 Å². The molecule has 0 atom stereocenters. The van der Waals surface area contributed by atoms with Crippen molar-refractivity contribution in [1.29, 1.82) is 0 Å². The average Bonchev–Trinajstić information content (AvgIpc) is 2.54. The number of thioether (sulfide) groups is 1. The molecule has 3 nitrogen and oxygen atoms in total. The van der Waals surface area contributed by atoms with E-state index in [0.717, 1.165) is 23.3 Å². The van der Waals surface area contributed by atoms with Crippen LogP contribution in [-0.4, -0.2) is 28.3 Å². The standard InChI is InChI=1S/C12H22BrN3S/c1-10-12(13)11(16(2)15-10)9-14-7-5-4-6-8-17-3/h14H,4-9H2,1-3H3. The number of aromatic nitrogens is 2. The number of aryl methyl sites for hydroxylation is 2. The number of unbranched alkanes of at least 4 members (excludes halogenated alkanes) is 2. The van der Waals surface area contributed by atoms with E-state index < -0.39 is 0 Å². The van der Waals surface area contributed by atoms with Gasteiger partial charge in [-0.05, 0) is 54.2 Å². The van der Waals surface area contributed by atoms with Gasteiger partial charge in [-0.1, -0.05) is 6.42 Å². The van der Waals surface area contributed by atoms with Crippen LogP contribution in [0.3, 0.4) is 0 Å². The summed E-state index contributed by atoms with van der Waals surface area (Å²) in [5, 5.41) is 7.85. The van der Waals surface area contributed by atoms with Gasteiger partial charge in [0, 0.05) is 13.6 Å². The zero-order chi connectivity index (χ0) is 12.7. The first-order chi connectivity index (χ1) is 8.16. The first kappa shape index (κ1) is 15.1. The largest absolute Gasteiger partial charge is 0.311 e. The summed E-state index contributed by atoms with van der Waals surface area (Å²) in [4.78, 5) is 0. The Kier molecular flexibility index (Phi) is 7.23. The number of halogens is 1. The van der Waals surface area contributed by atoms with E-state index in [0.29, 0.717) is 0 Å². The molecule has 1 rings (SSSR count). The summed E-state index contributed by atoms with van der Waals surface area (Å²) >= 11 is 5.51. The van der Waals surface area contributed by atoms with Crippen molar-refractivity contribution in [1.82, 2.24) is 15.1 Å². The van der Waals surface area contributed by atoms with E-state index in [1.54, 1.807) is 0 Å². The Labute approximate surface area is 117 Å². The molecular weight excluding hydrogens is 298 g/mol. The fourth-order valence-electron chi connectivity index (χ4n) is 1.75. The van der Waals surface area contributed by atoms with Crippen LogP contribution in [0.1, 0.15) is 30.7 Å². The number of hydrogen-bond acceptors (Lipinski definition) is 3.